The summed E-state index contributed by atoms with van der Waals surface area (Å²) >= 11 is 0. The molecular weight excluding hydrogens is 322 g/mol. The summed E-state index contributed by atoms with van der Waals surface area (Å²) in [7, 11) is -3.31. The molecule has 3 aromatic rings. The topological polar surface area (TPSA) is 115 Å². The number of furan rings is 1. The fourth-order valence-corrected chi connectivity index (χ4v) is 2.43. The van der Waals surface area contributed by atoms with Gasteiger partial charge in [-0.25, -0.2) is 8.42 Å². The van der Waals surface area contributed by atoms with Gasteiger partial charge in [0.1, 0.15) is 0 Å². The van der Waals surface area contributed by atoms with E-state index in [-0.39, 0.29) is 22.4 Å². The predicted molar refractivity (Wildman–Crippen MR) is 79.5 cm³/mol. The molecule has 0 radical (unpaired) electrons. The Morgan fingerprint density at radius 3 is 2.48 bits per heavy atom. The van der Waals surface area contributed by atoms with E-state index in [1.54, 1.807) is 12.1 Å². The minimum atomic E-state index is -3.31. The first kappa shape index (κ1) is 15.0. The lowest BCUT2D eigenvalue weighted by molar-refractivity contribution is 0.102. The third kappa shape index (κ3) is 3.29. The van der Waals surface area contributed by atoms with E-state index in [0.717, 1.165) is 6.26 Å². The predicted octanol–water partition coefficient (Wildman–Crippen LogP) is 1.99. The third-order valence-electron chi connectivity index (χ3n) is 2.92. The number of amides is 1. The Morgan fingerprint density at radius 1 is 1.13 bits per heavy atom. The first-order valence-corrected chi connectivity index (χ1v) is 8.31. The first-order chi connectivity index (χ1) is 10.9. The van der Waals surface area contributed by atoms with E-state index in [9.17, 15) is 13.2 Å². The lowest BCUT2D eigenvalue weighted by Crippen LogP contribution is -2.12. The monoisotopic (exact) mass is 333 g/mol. The van der Waals surface area contributed by atoms with Gasteiger partial charge in [0.25, 0.3) is 11.8 Å². The smallest absolute Gasteiger partial charge is 0.322 e. The number of anilines is 1. The highest BCUT2D eigenvalue weighted by Crippen LogP contribution is 2.20. The second kappa shape index (κ2) is 5.69. The zero-order chi connectivity index (χ0) is 16.4. The highest BCUT2D eigenvalue weighted by atomic mass is 32.2. The number of carbonyl (C=O) groups is 1. The number of benzene rings is 1. The third-order valence-corrected chi connectivity index (χ3v) is 4.05. The van der Waals surface area contributed by atoms with E-state index in [1.807, 2.05) is 0 Å². The minimum Gasteiger partial charge on any atom is -0.459 e. The summed E-state index contributed by atoms with van der Waals surface area (Å²) in [4.78, 5) is 12.2. The van der Waals surface area contributed by atoms with E-state index < -0.39 is 15.7 Å². The fraction of sp³-hybridized carbons (Fsp3) is 0.0714. The molecule has 2 aromatic heterocycles. The summed E-state index contributed by atoms with van der Waals surface area (Å²) in [5, 5.41) is 9.87. The minimum absolute atomic E-state index is 0.0893. The molecule has 23 heavy (non-hydrogen) atoms. The van der Waals surface area contributed by atoms with Crippen molar-refractivity contribution < 1.29 is 22.0 Å². The molecule has 0 unspecified atom stereocenters. The van der Waals surface area contributed by atoms with Crippen LogP contribution in [0.15, 0.2) is 56.4 Å². The Kier molecular flexibility index (Phi) is 3.70. The van der Waals surface area contributed by atoms with Crippen molar-refractivity contribution in [3.8, 4) is 11.7 Å². The Morgan fingerprint density at radius 2 is 1.87 bits per heavy atom. The lowest BCUT2D eigenvalue weighted by Gasteiger charge is -2.02. The van der Waals surface area contributed by atoms with Crippen LogP contribution in [0.5, 0.6) is 0 Å². The van der Waals surface area contributed by atoms with Crippen LogP contribution in [0.1, 0.15) is 10.4 Å². The number of rotatable bonds is 4. The van der Waals surface area contributed by atoms with E-state index in [2.05, 4.69) is 15.5 Å². The van der Waals surface area contributed by atoms with Crippen molar-refractivity contribution in [1.29, 1.82) is 0 Å². The average Bonchev–Trinajstić information content (AvgIpc) is 3.17. The van der Waals surface area contributed by atoms with Gasteiger partial charge in [-0.05, 0) is 36.4 Å². The zero-order valence-corrected chi connectivity index (χ0v) is 12.7. The number of aromatic nitrogens is 2. The van der Waals surface area contributed by atoms with Gasteiger partial charge >= 0.3 is 6.01 Å². The van der Waals surface area contributed by atoms with Gasteiger partial charge in [-0.15, -0.1) is 5.10 Å². The van der Waals surface area contributed by atoms with E-state index >= 15 is 0 Å². The number of hydrogen-bond donors (Lipinski definition) is 1. The maximum Gasteiger partial charge on any atom is 0.322 e. The Labute approximate surface area is 131 Å². The Bertz CT molecular complexity index is 927. The van der Waals surface area contributed by atoms with Crippen LogP contribution in [0, 0.1) is 0 Å². The van der Waals surface area contributed by atoms with E-state index in [1.165, 1.54) is 30.5 Å². The number of sulfone groups is 1. The molecule has 0 aliphatic rings. The van der Waals surface area contributed by atoms with Crippen LogP contribution in [-0.2, 0) is 9.84 Å². The molecule has 118 valence electrons. The summed E-state index contributed by atoms with van der Waals surface area (Å²) in [6.07, 6.45) is 2.55. The van der Waals surface area contributed by atoms with Crippen molar-refractivity contribution in [2.45, 2.75) is 4.90 Å². The molecule has 0 aliphatic carbocycles. The van der Waals surface area contributed by atoms with E-state index in [4.69, 9.17) is 8.83 Å². The van der Waals surface area contributed by atoms with Crippen LogP contribution in [0.4, 0.5) is 6.01 Å². The summed E-state index contributed by atoms with van der Waals surface area (Å²) in [6.45, 7) is 0. The van der Waals surface area contributed by atoms with Gasteiger partial charge in [-0.2, -0.15) is 0 Å². The standard InChI is InChI=1S/C14H11N3O5S/c1-23(19,20)10-6-4-9(5-7-10)12(18)15-14-17-16-13(22-14)11-3-2-8-21-11/h2-8H,1H3,(H,15,17,18). The highest BCUT2D eigenvalue weighted by Gasteiger charge is 2.15. The molecule has 0 fully saturated rings. The molecule has 0 spiro atoms. The summed E-state index contributed by atoms with van der Waals surface area (Å²) in [6, 6.07) is 8.72. The fourth-order valence-electron chi connectivity index (χ4n) is 1.80. The molecule has 1 aromatic carbocycles. The SMILES string of the molecule is CS(=O)(=O)c1ccc(C(=O)Nc2nnc(-c3ccco3)o2)cc1. The molecule has 1 N–H and O–H groups in total. The summed E-state index contributed by atoms with van der Waals surface area (Å²) in [5.74, 6) is 0.0212. The maximum atomic E-state index is 12.1. The Hall–Kier alpha value is -2.94. The van der Waals surface area contributed by atoms with Crippen LogP contribution >= 0.6 is 0 Å². The summed E-state index contributed by atoms with van der Waals surface area (Å²) < 4.78 is 33.1. The second-order valence-electron chi connectivity index (χ2n) is 4.64. The van der Waals surface area contributed by atoms with Crippen LogP contribution in [0.3, 0.4) is 0 Å². The molecule has 0 saturated carbocycles. The molecule has 1 amide bonds. The first-order valence-electron chi connectivity index (χ1n) is 6.42. The number of nitrogens with zero attached hydrogens (tertiary/aromatic N) is 2. The lowest BCUT2D eigenvalue weighted by atomic mass is 10.2. The Balaban J connectivity index is 1.74. The van der Waals surface area contributed by atoms with Crippen LogP contribution < -0.4 is 5.32 Å². The average molecular weight is 333 g/mol. The van der Waals surface area contributed by atoms with E-state index in [0.29, 0.717) is 5.76 Å². The molecule has 0 aliphatic heterocycles. The number of carbonyl (C=O) groups excluding carboxylic acids is 1. The molecule has 0 bridgehead atoms. The molecule has 8 nitrogen and oxygen atoms in total. The zero-order valence-electron chi connectivity index (χ0n) is 11.9. The second-order valence-corrected chi connectivity index (χ2v) is 6.66. The molecule has 3 rings (SSSR count). The summed E-state index contributed by atoms with van der Waals surface area (Å²) in [5.41, 5.74) is 0.259. The van der Waals surface area contributed by atoms with Crippen molar-refractivity contribution in [2.75, 3.05) is 11.6 Å². The van der Waals surface area contributed by atoms with Crippen molar-refractivity contribution >= 4 is 21.8 Å². The maximum absolute atomic E-state index is 12.1. The van der Waals surface area contributed by atoms with Crippen molar-refractivity contribution in [3.63, 3.8) is 0 Å². The number of nitrogens with one attached hydrogen (secondary N) is 1. The van der Waals surface area contributed by atoms with Gasteiger partial charge in [0.05, 0.1) is 11.2 Å². The van der Waals surface area contributed by atoms with Crippen LogP contribution in [-0.4, -0.2) is 30.8 Å². The molecule has 0 atom stereocenters. The van der Waals surface area contributed by atoms with Crippen LogP contribution in [0.2, 0.25) is 0 Å². The number of hydrogen-bond acceptors (Lipinski definition) is 7. The van der Waals surface area contributed by atoms with Gasteiger partial charge < -0.3 is 8.83 Å². The quantitative estimate of drug-likeness (QED) is 0.776. The highest BCUT2D eigenvalue weighted by molar-refractivity contribution is 7.90. The molecular formula is C14H11N3O5S. The molecule has 9 heteroatoms. The normalized spacial score (nSPS) is 11.3. The van der Waals surface area contributed by atoms with Crippen LogP contribution in [0.25, 0.3) is 11.7 Å². The molecule has 2 heterocycles. The van der Waals surface area contributed by atoms with Gasteiger partial charge in [-0.3, -0.25) is 10.1 Å². The van der Waals surface area contributed by atoms with Gasteiger partial charge in [0.2, 0.25) is 0 Å². The van der Waals surface area contributed by atoms with Gasteiger partial charge in [-0.1, -0.05) is 5.10 Å². The van der Waals surface area contributed by atoms with Crippen molar-refractivity contribution in [3.05, 3.63) is 48.2 Å². The largest absolute Gasteiger partial charge is 0.459 e. The van der Waals surface area contributed by atoms with Crippen molar-refractivity contribution in [1.82, 2.24) is 10.2 Å². The van der Waals surface area contributed by atoms with Gasteiger partial charge in [0.15, 0.2) is 15.6 Å². The molecule has 0 saturated heterocycles. The van der Waals surface area contributed by atoms with Crippen molar-refractivity contribution in [2.24, 2.45) is 0 Å². The van der Waals surface area contributed by atoms with Gasteiger partial charge in [0, 0.05) is 11.8 Å².